The van der Waals surface area contributed by atoms with Crippen LogP contribution in [0.5, 0.6) is 0 Å². The first-order valence-electron chi connectivity index (χ1n) is 10.6. The quantitative estimate of drug-likeness (QED) is 0.539. The summed E-state index contributed by atoms with van der Waals surface area (Å²) in [4.78, 5) is 26.8. The molecule has 2 aliphatic rings. The van der Waals surface area contributed by atoms with Gasteiger partial charge in [-0.1, -0.05) is 0 Å². The summed E-state index contributed by atoms with van der Waals surface area (Å²) in [5.41, 5.74) is 5.08. The van der Waals surface area contributed by atoms with Crippen LogP contribution in [0.1, 0.15) is 39.0 Å². The van der Waals surface area contributed by atoms with E-state index in [-0.39, 0.29) is 11.9 Å². The Bertz CT molecular complexity index is 1220. The zero-order chi connectivity index (χ0) is 22.6. The Kier molecular flexibility index (Phi) is 4.93. The molecule has 0 aliphatic carbocycles. The van der Waals surface area contributed by atoms with Crippen LogP contribution in [0.3, 0.4) is 0 Å². The fourth-order valence-corrected chi connectivity index (χ4v) is 4.57. The van der Waals surface area contributed by atoms with Gasteiger partial charge in [0.2, 0.25) is 0 Å². The molecule has 0 radical (unpaired) electrons. The maximum atomic E-state index is 14.4. The third-order valence-corrected chi connectivity index (χ3v) is 6.33. The number of fused-ring (bicyclic) bond motifs is 8. The minimum Gasteiger partial charge on any atom is -0.377 e. The second kappa shape index (κ2) is 7.67. The van der Waals surface area contributed by atoms with E-state index in [2.05, 4.69) is 15.0 Å². The first-order chi connectivity index (χ1) is 15.3. The first kappa shape index (κ1) is 20.6. The summed E-state index contributed by atoms with van der Waals surface area (Å²) in [6.45, 7) is 5.59. The molecule has 1 fully saturated rings. The second-order valence-electron chi connectivity index (χ2n) is 8.37. The van der Waals surface area contributed by atoms with Gasteiger partial charge in [0.1, 0.15) is 5.82 Å². The van der Waals surface area contributed by atoms with Crippen LogP contribution in [0.4, 0.5) is 10.2 Å². The Morgan fingerprint density at radius 1 is 1.22 bits per heavy atom. The van der Waals surface area contributed by atoms with Crippen LogP contribution in [0.25, 0.3) is 11.3 Å². The van der Waals surface area contributed by atoms with Crippen LogP contribution in [0, 0.1) is 19.7 Å². The van der Waals surface area contributed by atoms with Crippen molar-refractivity contribution < 1.29 is 13.9 Å². The summed E-state index contributed by atoms with van der Waals surface area (Å²) >= 11 is 0. The number of carbonyl (C=O) groups excluding carboxylic acids is 1. The summed E-state index contributed by atoms with van der Waals surface area (Å²) in [7, 11) is 3.61. The Hall–Kier alpha value is -3.33. The topological polar surface area (TPSA) is 76.4 Å². The van der Waals surface area contributed by atoms with Crippen LogP contribution in [-0.2, 0) is 18.3 Å². The maximum Gasteiger partial charge on any atom is 0.254 e. The number of halogens is 1. The third kappa shape index (κ3) is 3.24. The van der Waals surface area contributed by atoms with Gasteiger partial charge >= 0.3 is 0 Å². The predicted octanol–water partition coefficient (Wildman–Crippen LogP) is 2.80. The average molecular weight is 436 g/mol. The van der Waals surface area contributed by atoms with E-state index in [4.69, 9.17) is 9.72 Å². The molecule has 2 aromatic heterocycles. The monoisotopic (exact) mass is 436 g/mol. The lowest BCUT2D eigenvalue weighted by Gasteiger charge is -2.38. The minimum atomic E-state index is -0.393. The molecule has 0 unspecified atom stereocenters. The zero-order valence-electron chi connectivity index (χ0n) is 18.6. The Morgan fingerprint density at radius 2 is 2.03 bits per heavy atom. The number of hydrogen-bond acceptors (Lipinski definition) is 6. The van der Waals surface area contributed by atoms with Crippen molar-refractivity contribution in [2.24, 2.45) is 7.05 Å². The molecule has 166 valence electrons. The molecule has 2 aliphatic heterocycles. The maximum absolute atomic E-state index is 14.4. The van der Waals surface area contributed by atoms with Gasteiger partial charge in [0.15, 0.2) is 5.82 Å². The van der Waals surface area contributed by atoms with Crippen LogP contribution in [-0.4, -0.2) is 57.4 Å². The number of ether oxygens (including phenoxy) is 1. The minimum absolute atomic E-state index is 0.188. The van der Waals surface area contributed by atoms with E-state index in [9.17, 15) is 9.18 Å². The molecule has 1 saturated heterocycles. The van der Waals surface area contributed by atoms with E-state index in [0.717, 1.165) is 22.6 Å². The molecule has 0 saturated carbocycles. The van der Waals surface area contributed by atoms with E-state index < -0.39 is 5.82 Å². The van der Waals surface area contributed by atoms with Crippen LogP contribution in [0.2, 0.25) is 0 Å². The van der Waals surface area contributed by atoms with E-state index in [0.29, 0.717) is 48.9 Å². The highest BCUT2D eigenvalue weighted by molar-refractivity contribution is 5.96. The number of aryl methyl sites for hydroxylation is 2. The lowest BCUT2D eigenvalue weighted by Crippen LogP contribution is -2.42. The van der Waals surface area contributed by atoms with Gasteiger partial charge in [0.05, 0.1) is 49.1 Å². The summed E-state index contributed by atoms with van der Waals surface area (Å²) in [5, 5.41) is 4.65. The van der Waals surface area contributed by atoms with Crippen molar-refractivity contribution in [1.29, 1.82) is 0 Å². The number of amides is 1. The Labute approximate surface area is 185 Å². The molecule has 0 N–H and O–H groups in total. The zero-order valence-corrected chi connectivity index (χ0v) is 18.6. The van der Waals surface area contributed by atoms with Gasteiger partial charge in [-0.05, 0) is 37.6 Å². The molecule has 5 rings (SSSR count). The highest BCUT2D eigenvalue weighted by Crippen LogP contribution is 2.36. The number of anilines is 1. The summed E-state index contributed by atoms with van der Waals surface area (Å²) in [6.07, 6.45) is 1.75. The number of carbonyl (C=O) groups is 1. The van der Waals surface area contributed by atoms with Crippen LogP contribution >= 0.6 is 0 Å². The number of rotatable bonds is 0. The van der Waals surface area contributed by atoms with Crippen molar-refractivity contribution in [3.05, 3.63) is 58.4 Å². The van der Waals surface area contributed by atoms with Gasteiger partial charge in [0, 0.05) is 37.5 Å². The molecule has 3 aromatic rings. The van der Waals surface area contributed by atoms with Gasteiger partial charge in [-0.2, -0.15) is 5.10 Å². The van der Waals surface area contributed by atoms with E-state index >= 15 is 0 Å². The van der Waals surface area contributed by atoms with Crippen molar-refractivity contribution in [3.8, 4) is 11.3 Å². The number of benzene rings is 1. The molecule has 1 aromatic carbocycles. The normalized spacial score (nSPS) is 18.4. The van der Waals surface area contributed by atoms with Crippen LogP contribution in [0.15, 0.2) is 24.4 Å². The van der Waals surface area contributed by atoms with Crippen LogP contribution < -0.4 is 4.90 Å². The molecule has 9 heteroatoms. The van der Waals surface area contributed by atoms with E-state index in [1.807, 2.05) is 20.9 Å². The van der Waals surface area contributed by atoms with Gasteiger partial charge in [-0.15, -0.1) is 0 Å². The highest BCUT2D eigenvalue weighted by Gasteiger charge is 2.33. The summed E-state index contributed by atoms with van der Waals surface area (Å²) in [6, 6.07) is 3.96. The number of morpholine rings is 1. The smallest absolute Gasteiger partial charge is 0.254 e. The van der Waals surface area contributed by atoms with Gasteiger partial charge in [-0.3, -0.25) is 14.5 Å². The SMILES string of the molecule is Cc1ncc2nc1N1CCOC[C@@H]1c1cc(F)ccc1C(=O)N(C)Cc1nn(C)c(C)c1-2. The van der Waals surface area contributed by atoms with Crippen molar-refractivity contribution in [2.45, 2.75) is 26.4 Å². The summed E-state index contributed by atoms with van der Waals surface area (Å²) < 4.78 is 21.9. The van der Waals surface area contributed by atoms with E-state index in [1.54, 1.807) is 28.9 Å². The number of aromatic nitrogens is 4. The van der Waals surface area contributed by atoms with Crippen molar-refractivity contribution >= 4 is 11.7 Å². The van der Waals surface area contributed by atoms with E-state index in [1.165, 1.54) is 12.1 Å². The lowest BCUT2D eigenvalue weighted by atomic mass is 9.96. The third-order valence-electron chi connectivity index (χ3n) is 6.33. The number of hydrogen-bond donors (Lipinski definition) is 0. The molecule has 0 spiro atoms. The number of nitrogens with zero attached hydrogens (tertiary/aromatic N) is 6. The Morgan fingerprint density at radius 3 is 2.84 bits per heavy atom. The van der Waals surface area contributed by atoms with Crippen molar-refractivity contribution in [2.75, 3.05) is 31.7 Å². The summed E-state index contributed by atoms with van der Waals surface area (Å²) in [5.74, 6) is 0.129. The average Bonchev–Trinajstić information content (AvgIpc) is 3.06. The first-order valence-corrected chi connectivity index (χ1v) is 10.6. The Balaban J connectivity index is 1.80. The van der Waals surface area contributed by atoms with Crippen molar-refractivity contribution in [1.82, 2.24) is 24.6 Å². The highest BCUT2D eigenvalue weighted by atomic mass is 19.1. The molecule has 1 amide bonds. The largest absolute Gasteiger partial charge is 0.377 e. The molecular weight excluding hydrogens is 411 g/mol. The molecule has 32 heavy (non-hydrogen) atoms. The fourth-order valence-electron chi connectivity index (χ4n) is 4.57. The van der Waals surface area contributed by atoms with Gasteiger partial charge in [0.25, 0.3) is 5.91 Å². The molecule has 8 nitrogen and oxygen atoms in total. The van der Waals surface area contributed by atoms with Gasteiger partial charge < -0.3 is 14.5 Å². The van der Waals surface area contributed by atoms with Gasteiger partial charge in [-0.25, -0.2) is 9.37 Å². The fraction of sp³-hybridized carbons (Fsp3) is 0.391. The second-order valence-corrected chi connectivity index (χ2v) is 8.37. The molecular formula is C23H25FN6O2. The van der Waals surface area contributed by atoms with Crippen molar-refractivity contribution in [3.63, 3.8) is 0 Å². The molecule has 1 atom stereocenters. The standard InChI is InChI=1S/C23H25FN6O2/c1-13-22-26-18(10-25-13)21-14(2)29(4)27-19(21)11-28(3)23(31)16-6-5-15(24)9-17(16)20-12-32-8-7-30(20)22/h5-6,9-10,20H,7-8,11-12H2,1-4H3/t20-/m1/s1. The predicted molar refractivity (Wildman–Crippen MR) is 117 cm³/mol. The molecule has 2 bridgehead atoms. The lowest BCUT2D eigenvalue weighted by molar-refractivity contribution is 0.0771. The molecule has 4 heterocycles.